The van der Waals surface area contributed by atoms with Crippen LogP contribution in [0.5, 0.6) is 11.5 Å². The number of rotatable bonds is 8. The molecule has 0 bridgehead atoms. The minimum absolute atomic E-state index is 0.118. The Hall–Kier alpha value is -2.53. The standard InChI is InChI=1S/C20H25NO4/c1-4-14-7-5-6-8-17(14)21-20(23)12-11-18(22)16-10-9-15(24-2)13-19(16)25-3/h5-10,13,18,22H,4,11-12H2,1-3H3,(H,21,23). The fourth-order valence-corrected chi connectivity index (χ4v) is 2.68. The van der Waals surface area contributed by atoms with Crippen molar-refractivity contribution in [2.75, 3.05) is 19.5 Å². The van der Waals surface area contributed by atoms with Crippen LogP contribution in [-0.4, -0.2) is 25.2 Å². The van der Waals surface area contributed by atoms with Gasteiger partial charge in [0.25, 0.3) is 0 Å². The molecule has 5 nitrogen and oxygen atoms in total. The summed E-state index contributed by atoms with van der Waals surface area (Å²) < 4.78 is 10.5. The van der Waals surface area contributed by atoms with E-state index in [2.05, 4.69) is 5.32 Å². The lowest BCUT2D eigenvalue weighted by Gasteiger charge is -2.16. The Morgan fingerprint density at radius 2 is 1.92 bits per heavy atom. The van der Waals surface area contributed by atoms with E-state index in [1.54, 1.807) is 32.4 Å². The predicted octanol–water partition coefficient (Wildman–Crippen LogP) is 3.72. The molecule has 5 heteroatoms. The molecule has 0 radical (unpaired) electrons. The molecule has 2 N–H and O–H groups in total. The highest BCUT2D eigenvalue weighted by Gasteiger charge is 2.16. The number of ether oxygens (including phenoxy) is 2. The molecule has 2 aromatic carbocycles. The molecule has 2 aromatic rings. The molecular formula is C20H25NO4. The first-order chi connectivity index (χ1) is 12.1. The van der Waals surface area contributed by atoms with E-state index in [9.17, 15) is 9.90 Å². The summed E-state index contributed by atoms with van der Waals surface area (Å²) in [6.45, 7) is 2.05. The Morgan fingerprint density at radius 3 is 2.60 bits per heavy atom. The number of nitrogens with one attached hydrogen (secondary N) is 1. The predicted molar refractivity (Wildman–Crippen MR) is 98.2 cm³/mol. The number of carbonyl (C=O) groups is 1. The van der Waals surface area contributed by atoms with Gasteiger partial charge in [0.1, 0.15) is 11.5 Å². The lowest BCUT2D eigenvalue weighted by molar-refractivity contribution is -0.116. The molecule has 134 valence electrons. The Balaban J connectivity index is 1.97. The van der Waals surface area contributed by atoms with Crippen LogP contribution in [0.1, 0.15) is 37.0 Å². The van der Waals surface area contributed by atoms with Crippen LogP contribution in [0.15, 0.2) is 42.5 Å². The van der Waals surface area contributed by atoms with Gasteiger partial charge in [-0.15, -0.1) is 0 Å². The summed E-state index contributed by atoms with van der Waals surface area (Å²) in [5.41, 5.74) is 2.56. The van der Waals surface area contributed by atoms with E-state index >= 15 is 0 Å². The van der Waals surface area contributed by atoms with Crippen molar-refractivity contribution < 1.29 is 19.4 Å². The Bertz CT molecular complexity index is 715. The summed E-state index contributed by atoms with van der Waals surface area (Å²) in [5.74, 6) is 1.08. The van der Waals surface area contributed by atoms with Crippen molar-refractivity contribution in [3.63, 3.8) is 0 Å². The van der Waals surface area contributed by atoms with E-state index in [0.29, 0.717) is 23.5 Å². The SMILES string of the molecule is CCc1ccccc1NC(=O)CCC(O)c1ccc(OC)cc1OC. The third-order valence-electron chi connectivity index (χ3n) is 4.12. The smallest absolute Gasteiger partial charge is 0.224 e. The zero-order chi connectivity index (χ0) is 18.2. The molecule has 1 unspecified atom stereocenters. The van der Waals surface area contributed by atoms with Crippen LogP contribution in [0.4, 0.5) is 5.69 Å². The fourth-order valence-electron chi connectivity index (χ4n) is 2.68. The molecule has 0 saturated heterocycles. The van der Waals surface area contributed by atoms with Gasteiger partial charge in [0.15, 0.2) is 0 Å². The normalized spacial score (nSPS) is 11.7. The van der Waals surface area contributed by atoms with Gasteiger partial charge in [-0.25, -0.2) is 0 Å². The van der Waals surface area contributed by atoms with E-state index < -0.39 is 6.10 Å². The van der Waals surface area contributed by atoms with Crippen LogP contribution >= 0.6 is 0 Å². The topological polar surface area (TPSA) is 67.8 Å². The van der Waals surface area contributed by atoms with E-state index in [4.69, 9.17) is 9.47 Å². The summed E-state index contributed by atoms with van der Waals surface area (Å²) >= 11 is 0. The first kappa shape index (κ1) is 18.8. The molecular weight excluding hydrogens is 318 g/mol. The molecule has 0 heterocycles. The first-order valence-corrected chi connectivity index (χ1v) is 8.36. The van der Waals surface area contributed by atoms with Crippen LogP contribution < -0.4 is 14.8 Å². The average Bonchev–Trinajstić information content (AvgIpc) is 2.65. The summed E-state index contributed by atoms with van der Waals surface area (Å²) in [4.78, 5) is 12.2. The number of carbonyl (C=O) groups excluding carboxylic acids is 1. The van der Waals surface area contributed by atoms with Gasteiger partial charge in [-0.3, -0.25) is 4.79 Å². The number of para-hydroxylation sites is 1. The average molecular weight is 343 g/mol. The van der Waals surface area contributed by atoms with Crippen molar-refractivity contribution >= 4 is 11.6 Å². The van der Waals surface area contributed by atoms with Crippen LogP contribution in [-0.2, 0) is 11.2 Å². The van der Waals surface area contributed by atoms with Gasteiger partial charge in [0.05, 0.1) is 20.3 Å². The molecule has 25 heavy (non-hydrogen) atoms. The van der Waals surface area contributed by atoms with E-state index in [0.717, 1.165) is 17.7 Å². The number of anilines is 1. The third kappa shape index (κ3) is 4.97. The van der Waals surface area contributed by atoms with Gasteiger partial charge in [-0.05, 0) is 36.6 Å². The van der Waals surface area contributed by atoms with E-state index in [1.165, 1.54) is 0 Å². The number of hydrogen-bond donors (Lipinski definition) is 2. The van der Waals surface area contributed by atoms with Crippen molar-refractivity contribution in [2.45, 2.75) is 32.3 Å². The molecule has 0 aliphatic rings. The fraction of sp³-hybridized carbons (Fsp3) is 0.350. The number of methoxy groups -OCH3 is 2. The highest BCUT2D eigenvalue weighted by atomic mass is 16.5. The highest BCUT2D eigenvalue weighted by molar-refractivity contribution is 5.91. The van der Waals surface area contributed by atoms with Crippen molar-refractivity contribution in [3.05, 3.63) is 53.6 Å². The highest BCUT2D eigenvalue weighted by Crippen LogP contribution is 2.31. The lowest BCUT2D eigenvalue weighted by atomic mass is 10.0. The Kier molecular flexibility index (Phi) is 6.83. The molecule has 0 aromatic heterocycles. The van der Waals surface area contributed by atoms with Gasteiger partial charge in [-0.1, -0.05) is 25.1 Å². The number of aliphatic hydroxyl groups is 1. The van der Waals surface area contributed by atoms with Gasteiger partial charge in [0.2, 0.25) is 5.91 Å². The van der Waals surface area contributed by atoms with Crippen molar-refractivity contribution in [2.24, 2.45) is 0 Å². The van der Waals surface area contributed by atoms with Crippen LogP contribution in [0.25, 0.3) is 0 Å². The van der Waals surface area contributed by atoms with Gasteiger partial charge in [-0.2, -0.15) is 0 Å². The molecule has 1 atom stereocenters. The number of benzene rings is 2. The second-order valence-electron chi connectivity index (χ2n) is 5.72. The van der Waals surface area contributed by atoms with Gasteiger partial charge < -0.3 is 19.9 Å². The Morgan fingerprint density at radius 1 is 1.16 bits per heavy atom. The Labute approximate surface area is 148 Å². The van der Waals surface area contributed by atoms with E-state index in [-0.39, 0.29) is 12.3 Å². The maximum atomic E-state index is 12.2. The summed E-state index contributed by atoms with van der Waals surface area (Å²) in [5, 5.41) is 13.3. The minimum atomic E-state index is -0.784. The summed E-state index contributed by atoms with van der Waals surface area (Å²) in [6.07, 6.45) is 0.590. The van der Waals surface area contributed by atoms with Crippen molar-refractivity contribution in [3.8, 4) is 11.5 Å². The molecule has 0 aliphatic heterocycles. The number of hydrogen-bond acceptors (Lipinski definition) is 4. The zero-order valence-corrected chi connectivity index (χ0v) is 14.9. The molecule has 2 rings (SSSR count). The summed E-state index contributed by atoms with van der Waals surface area (Å²) in [7, 11) is 3.11. The second-order valence-corrected chi connectivity index (χ2v) is 5.72. The quantitative estimate of drug-likeness (QED) is 0.766. The molecule has 0 fully saturated rings. The molecule has 0 saturated carbocycles. The number of aryl methyl sites for hydroxylation is 1. The molecule has 0 spiro atoms. The molecule has 0 aliphatic carbocycles. The van der Waals surface area contributed by atoms with Crippen LogP contribution in [0.3, 0.4) is 0 Å². The monoisotopic (exact) mass is 343 g/mol. The number of amides is 1. The number of aliphatic hydroxyl groups excluding tert-OH is 1. The maximum absolute atomic E-state index is 12.2. The van der Waals surface area contributed by atoms with Crippen LogP contribution in [0, 0.1) is 0 Å². The first-order valence-electron chi connectivity index (χ1n) is 8.36. The third-order valence-corrected chi connectivity index (χ3v) is 4.12. The molecule has 1 amide bonds. The largest absolute Gasteiger partial charge is 0.497 e. The second kappa shape index (κ2) is 9.08. The maximum Gasteiger partial charge on any atom is 0.224 e. The summed E-state index contributed by atoms with van der Waals surface area (Å²) in [6, 6.07) is 13.0. The van der Waals surface area contributed by atoms with Gasteiger partial charge >= 0.3 is 0 Å². The van der Waals surface area contributed by atoms with Gasteiger partial charge in [0, 0.05) is 23.7 Å². The van der Waals surface area contributed by atoms with E-state index in [1.807, 2.05) is 31.2 Å². The van der Waals surface area contributed by atoms with Crippen LogP contribution in [0.2, 0.25) is 0 Å². The minimum Gasteiger partial charge on any atom is -0.497 e. The zero-order valence-electron chi connectivity index (χ0n) is 14.9. The lowest BCUT2D eigenvalue weighted by Crippen LogP contribution is -2.14. The van der Waals surface area contributed by atoms with Crippen molar-refractivity contribution in [1.29, 1.82) is 0 Å². The van der Waals surface area contributed by atoms with Crippen molar-refractivity contribution in [1.82, 2.24) is 0 Å².